The minimum Gasteiger partial charge on any atom is -0.467 e. The molecular formula is C34H43F4N5O6. The van der Waals surface area contributed by atoms with E-state index in [1.54, 1.807) is 25.7 Å². The third-order valence-electron chi connectivity index (χ3n) is 8.98. The number of carbonyl (C=O) groups is 3. The van der Waals surface area contributed by atoms with E-state index < -0.39 is 59.1 Å². The molecule has 3 aliphatic rings. The maximum Gasteiger partial charge on any atom is 0.416 e. The molecule has 2 saturated heterocycles. The van der Waals surface area contributed by atoms with Gasteiger partial charge in [-0.05, 0) is 46.9 Å². The molecule has 0 radical (unpaired) electrons. The zero-order chi connectivity index (χ0) is 35.5. The Morgan fingerprint density at radius 3 is 2.39 bits per heavy atom. The fraction of sp³-hybridized carbons (Fsp3) is 0.559. The lowest BCUT2D eigenvalue weighted by Gasteiger charge is -2.35. The Morgan fingerprint density at radius 2 is 1.71 bits per heavy atom. The zero-order valence-electron chi connectivity index (χ0n) is 28.1. The van der Waals surface area contributed by atoms with Gasteiger partial charge >= 0.3 is 18.2 Å². The number of amides is 2. The molecule has 3 heterocycles. The minimum atomic E-state index is -4.80. The van der Waals surface area contributed by atoms with Crippen LogP contribution in [0.4, 0.5) is 33.7 Å². The Morgan fingerprint density at radius 1 is 1.00 bits per heavy atom. The normalized spacial score (nSPS) is 20.5. The van der Waals surface area contributed by atoms with Gasteiger partial charge in [-0.1, -0.05) is 26.8 Å². The lowest BCUT2D eigenvalue weighted by Crippen LogP contribution is -2.53. The fourth-order valence-electron chi connectivity index (χ4n) is 6.34. The highest BCUT2D eigenvalue weighted by Gasteiger charge is 2.47. The molecule has 0 unspecified atom stereocenters. The second kappa shape index (κ2) is 14.8. The molecule has 2 amide bonds. The summed E-state index contributed by atoms with van der Waals surface area (Å²) in [5.41, 5.74) is 0.556. The topological polar surface area (TPSA) is 113 Å². The fourth-order valence-corrected chi connectivity index (χ4v) is 6.34. The summed E-state index contributed by atoms with van der Waals surface area (Å²) in [6.07, 6.45) is -6.29. The number of fused-ring (bicyclic) bond motifs is 1. The van der Waals surface area contributed by atoms with Gasteiger partial charge in [-0.2, -0.15) is 13.2 Å². The Hall–Kier alpha value is -4.11. The van der Waals surface area contributed by atoms with Crippen molar-refractivity contribution in [2.75, 3.05) is 63.7 Å². The molecule has 3 atom stereocenters. The first-order valence-corrected chi connectivity index (χ1v) is 16.3. The quantitative estimate of drug-likeness (QED) is 0.285. The van der Waals surface area contributed by atoms with Crippen LogP contribution in [-0.4, -0.2) is 104 Å². The second-order valence-electron chi connectivity index (χ2n) is 13.7. The molecule has 49 heavy (non-hydrogen) atoms. The van der Waals surface area contributed by atoms with Crippen molar-refractivity contribution in [3.05, 3.63) is 58.9 Å². The first kappa shape index (κ1) is 36.2. The summed E-state index contributed by atoms with van der Waals surface area (Å²) in [6.45, 7) is 10.5. The van der Waals surface area contributed by atoms with E-state index >= 15 is 0 Å². The van der Waals surface area contributed by atoms with Crippen molar-refractivity contribution >= 4 is 29.3 Å². The molecule has 5 rings (SSSR count). The molecule has 0 spiro atoms. The summed E-state index contributed by atoms with van der Waals surface area (Å²) in [7, 11) is 1.17. The van der Waals surface area contributed by atoms with Crippen molar-refractivity contribution < 1.29 is 46.2 Å². The molecular weight excluding hydrogens is 650 g/mol. The van der Waals surface area contributed by atoms with Gasteiger partial charge in [0.1, 0.15) is 24.0 Å². The van der Waals surface area contributed by atoms with Gasteiger partial charge < -0.3 is 29.7 Å². The predicted molar refractivity (Wildman–Crippen MR) is 172 cm³/mol. The van der Waals surface area contributed by atoms with Gasteiger partial charge in [0.15, 0.2) is 0 Å². The third-order valence-corrected chi connectivity index (χ3v) is 8.98. The van der Waals surface area contributed by atoms with E-state index in [9.17, 15) is 31.9 Å². The summed E-state index contributed by atoms with van der Waals surface area (Å²) in [5.74, 6) is -2.49. The van der Waals surface area contributed by atoms with Crippen LogP contribution in [0.25, 0.3) is 0 Å². The van der Waals surface area contributed by atoms with Crippen LogP contribution in [0.15, 0.2) is 36.4 Å². The summed E-state index contributed by atoms with van der Waals surface area (Å²) in [6, 6.07) is 5.63. The Kier molecular flexibility index (Phi) is 10.9. The number of nitrogens with one attached hydrogen (secondary N) is 2. The first-order chi connectivity index (χ1) is 23.1. The van der Waals surface area contributed by atoms with E-state index in [-0.39, 0.29) is 18.7 Å². The molecule has 15 heteroatoms. The molecule has 0 saturated carbocycles. The van der Waals surface area contributed by atoms with E-state index in [1.807, 2.05) is 18.2 Å². The number of morpholine rings is 1. The molecule has 2 aromatic carbocycles. The van der Waals surface area contributed by atoms with E-state index in [0.717, 1.165) is 68.3 Å². The number of alkyl halides is 3. The van der Waals surface area contributed by atoms with Gasteiger partial charge in [-0.25, -0.2) is 14.0 Å². The highest BCUT2D eigenvalue weighted by Crippen LogP contribution is 2.35. The summed E-state index contributed by atoms with van der Waals surface area (Å²) < 4.78 is 70.5. The van der Waals surface area contributed by atoms with Gasteiger partial charge in [0.2, 0.25) is 5.91 Å². The van der Waals surface area contributed by atoms with Crippen LogP contribution in [0.3, 0.4) is 0 Å². The molecule has 2 N–H and O–H groups in total. The number of rotatable bonds is 9. The number of nitrogens with zero attached hydrogens (tertiary/aromatic N) is 3. The number of likely N-dealkylation sites (tertiary alicyclic amines) is 1. The standard InChI is InChI=1S/C34H43F4N5O6/c1-33(2,3)29(40-26-15-23(34(36,37)38)14-24(35)16-26)30(44)43-20-27(17-28(43)31(45)47-4)49-32(46)42-18-21-5-6-25(13-22(21)19-42)39-7-8-41-9-11-48-12-10-41/h5-6,13-16,27-29,39-40H,7-12,17-20H2,1-4H3/t27-,28+,29-/m1/s1. The number of anilines is 2. The summed E-state index contributed by atoms with van der Waals surface area (Å²) in [4.78, 5) is 45.2. The highest BCUT2D eigenvalue weighted by molar-refractivity contribution is 5.90. The Bertz CT molecular complexity index is 1530. The van der Waals surface area contributed by atoms with E-state index in [4.69, 9.17) is 14.2 Å². The number of hydrogen-bond acceptors (Lipinski definition) is 9. The van der Waals surface area contributed by atoms with Gasteiger partial charge in [0, 0.05) is 57.1 Å². The monoisotopic (exact) mass is 693 g/mol. The maximum atomic E-state index is 14.2. The average molecular weight is 694 g/mol. The summed E-state index contributed by atoms with van der Waals surface area (Å²) in [5, 5.41) is 6.19. The van der Waals surface area contributed by atoms with Crippen molar-refractivity contribution in [1.29, 1.82) is 0 Å². The van der Waals surface area contributed by atoms with Gasteiger partial charge in [0.05, 0.1) is 32.4 Å². The van der Waals surface area contributed by atoms with Gasteiger partial charge in [0.25, 0.3) is 0 Å². The van der Waals surface area contributed by atoms with Crippen LogP contribution in [0.1, 0.15) is 43.9 Å². The number of esters is 1. The van der Waals surface area contributed by atoms with Crippen LogP contribution >= 0.6 is 0 Å². The van der Waals surface area contributed by atoms with Crippen LogP contribution in [0, 0.1) is 11.2 Å². The van der Waals surface area contributed by atoms with E-state index in [0.29, 0.717) is 19.2 Å². The number of benzene rings is 2. The first-order valence-electron chi connectivity index (χ1n) is 16.3. The third kappa shape index (κ3) is 8.93. The molecule has 0 aromatic heterocycles. The molecule has 11 nitrogen and oxygen atoms in total. The Balaban J connectivity index is 1.23. The number of hydrogen-bond donors (Lipinski definition) is 2. The molecule has 0 bridgehead atoms. The van der Waals surface area contributed by atoms with Crippen LogP contribution < -0.4 is 10.6 Å². The lowest BCUT2D eigenvalue weighted by molar-refractivity contribution is -0.151. The predicted octanol–water partition coefficient (Wildman–Crippen LogP) is 4.71. The van der Waals surface area contributed by atoms with Crippen LogP contribution in [0.5, 0.6) is 0 Å². The van der Waals surface area contributed by atoms with Gasteiger partial charge in [-0.15, -0.1) is 0 Å². The van der Waals surface area contributed by atoms with Crippen LogP contribution in [0.2, 0.25) is 0 Å². The molecule has 2 aromatic rings. The van der Waals surface area contributed by atoms with E-state index in [2.05, 4.69) is 15.5 Å². The largest absolute Gasteiger partial charge is 0.467 e. The zero-order valence-corrected chi connectivity index (χ0v) is 28.1. The minimum absolute atomic E-state index is 0.0306. The maximum absolute atomic E-state index is 14.2. The van der Waals surface area contributed by atoms with Crippen molar-refractivity contribution in [3.63, 3.8) is 0 Å². The van der Waals surface area contributed by atoms with Crippen molar-refractivity contribution in [3.8, 4) is 0 Å². The molecule has 0 aliphatic carbocycles. The lowest BCUT2D eigenvalue weighted by atomic mass is 9.85. The van der Waals surface area contributed by atoms with Crippen molar-refractivity contribution in [1.82, 2.24) is 14.7 Å². The SMILES string of the molecule is COC(=O)[C@@H]1C[C@@H](OC(=O)N2Cc3ccc(NCCN4CCOCC4)cc3C2)CN1C(=O)[C@@H](Nc1cc(F)cc(C(F)(F)F)c1)C(C)(C)C. The van der Waals surface area contributed by atoms with Gasteiger partial charge in [-0.3, -0.25) is 14.6 Å². The second-order valence-corrected chi connectivity index (χ2v) is 13.7. The summed E-state index contributed by atoms with van der Waals surface area (Å²) >= 11 is 0. The average Bonchev–Trinajstić information content (AvgIpc) is 3.67. The van der Waals surface area contributed by atoms with Crippen molar-refractivity contribution in [2.24, 2.45) is 5.41 Å². The van der Waals surface area contributed by atoms with E-state index in [1.165, 1.54) is 12.0 Å². The number of carbonyl (C=O) groups excluding carboxylic acids is 3. The Labute approximate surface area is 282 Å². The highest BCUT2D eigenvalue weighted by atomic mass is 19.4. The number of methoxy groups -OCH3 is 1. The number of halogens is 4. The van der Waals surface area contributed by atoms with Crippen LogP contribution in [-0.2, 0) is 43.1 Å². The molecule has 3 aliphatic heterocycles. The van der Waals surface area contributed by atoms with Crippen molar-refractivity contribution in [2.45, 2.75) is 64.6 Å². The molecule has 268 valence electrons. The smallest absolute Gasteiger partial charge is 0.416 e. The molecule has 2 fully saturated rings. The number of ether oxygens (including phenoxy) is 3.